The van der Waals surface area contributed by atoms with Crippen LogP contribution < -0.4 is 5.32 Å². The van der Waals surface area contributed by atoms with Crippen molar-refractivity contribution in [1.29, 1.82) is 0 Å². The zero-order valence-corrected chi connectivity index (χ0v) is 7.46. The molecule has 0 unspecified atom stereocenters. The van der Waals surface area contributed by atoms with Gasteiger partial charge in [-0.2, -0.15) is 5.10 Å². The highest BCUT2D eigenvalue weighted by Crippen LogP contribution is 2.17. The van der Waals surface area contributed by atoms with Crippen LogP contribution in [0.2, 0.25) is 0 Å². The van der Waals surface area contributed by atoms with Crippen LogP contribution in [0.25, 0.3) is 16.7 Å². The van der Waals surface area contributed by atoms with Gasteiger partial charge in [0.2, 0.25) is 0 Å². The fraction of sp³-hybridized carbons (Fsp3) is 0. The standard InChI is InChI=1S/C11H8N3/c1-2-5-10-9(4-1)8-13-14(10)11-6-3-7-12-11/h1-8H. The normalized spacial score (nSPS) is 14.4. The van der Waals surface area contributed by atoms with Gasteiger partial charge in [-0.15, -0.1) is 0 Å². The van der Waals surface area contributed by atoms with Gasteiger partial charge in [0, 0.05) is 11.6 Å². The fourth-order valence-corrected chi connectivity index (χ4v) is 1.57. The van der Waals surface area contributed by atoms with E-state index in [1.54, 1.807) is 6.20 Å². The second-order valence-corrected chi connectivity index (χ2v) is 3.11. The molecule has 1 aliphatic rings. The first kappa shape index (κ1) is 7.38. The maximum atomic E-state index is 4.29. The van der Waals surface area contributed by atoms with Crippen LogP contribution in [0.1, 0.15) is 0 Å². The van der Waals surface area contributed by atoms with Gasteiger partial charge >= 0.3 is 0 Å². The quantitative estimate of drug-likeness (QED) is 0.663. The first-order valence-electron chi connectivity index (χ1n) is 4.46. The molecule has 0 amide bonds. The highest BCUT2D eigenvalue weighted by molar-refractivity contribution is 5.81. The van der Waals surface area contributed by atoms with Crippen molar-refractivity contribution in [2.24, 2.45) is 0 Å². The molecule has 67 valence electrons. The summed E-state index contributed by atoms with van der Waals surface area (Å²) in [6, 6.07) is 8.09. The van der Waals surface area contributed by atoms with Gasteiger partial charge in [0.25, 0.3) is 0 Å². The molecule has 1 radical (unpaired) electrons. The zero-order chi connectivity index (χ0) is 9.38. The van der Waals surface area contributed by atoms with E-state index in [2.05, 4.69) is 10.4 Å². The number of fused-ring (bicyclic) bond motifs is 1. The molecule has 14 heavy (non-hydrogen) atoms. The highest BCUT2D eigenvalue weighted by Gasteiger charge is 2.07. The molecule has 0 N–H and O–H groups in total. The van der Waals surface area contributed by atoms with E-state index in [4.69, 9.17) is 0 Å². The molecule has 0 spiro atoms. The first-order chi connectivity index (χ1) is 6.95. The van der Waals surface area contributed by atoms with E-state index in [0.717, 1.165) is 16.7 Å². The largest absolute Gasteiger partial charge is 0.237 e. The number of hydrogen-bond acceptors (Lipinski definition) is 1. The Bertz CT molecular complexity index is 534. The molecule has 0 fully saturated rings. The monoisotopic (exact) mass is 182 g/mol. The first-order valence-corrected chi connectivity index (χ1v) is 4.46. The van der Waals surface area contributed by atoms with E-state index < -0.39 is 0 Å². The lowest BCUT2D eigenvalue weighted by molar-refractivity contribution is 0.880. The molecular formula is C11H8N3. The zero-order valence-electron chi connectivity index (χ0n) is 7.46. The number of rotatable bonds is 1. The lowest BCUT2D eigenvalue weighted by atomic mass is 10.3. The van der Waals surface area contributed by atoms with Crippen molar-refractivity contribution in [1.82, 2.24) is 15.1 Å². The molecule has 0 saturated carbocycles. The molecular weight excluding hydrogens is 174 g/mol. The van der Waals surface area contributed by atoms with Crippen molar-refractivity contribution in [2.45, 2.75) is 0 Å². The highest BCUT2D eigenvalue weighted by atomic mass is 15.3. The molecule has 0 atom stereocenters. The maximum absolute atomic E-state index is 4.29. The van der Waals surface area contributed by atoms with Crippen LogP contribution in [0.15, 0.2) is 48.8 Å². The van der Waals surface area contributed by atoms with Gasteiger partial charge in [0.05, 0.1) is 11.7 Å². The third-order valence-electron chi connectivity index (χ3n) is 2.23. The van der Waals surface area contributed by atoms with Gasteiger partial charge in [-0.3, -0.25) is 0 Å². The van der Waals surface area contributed by atoms with Gasteiger partial charge in [0.1, 0.15) is 0 Å². The van der Waals surface area contributed by atoms with Crippen LogP contribution >= 0.6 is 0 Å². The number of allylic oxidation sites excluding steroid dienone is 2. The Balaban J connectivity index is 2.22. The summed E-state index contributed by atoms with van der Waals surface area (Å²) in [5.74, 6) is 0.867. The smallest absolute Gasteiger partial charge is 0.154 e. The molecule has 3 rings (SSSR count). The average Bonchev–Trinajstić information content (AvgIpc) is 2.85. The summed E-state index contributed by atoms with van der Waals surface area (Å²) in [5, 5.41) is 9.64. The van der Waals surface area contributed by atoms with Crippen molar-refractivity contribution in [3.8, 4) is 0 Å². The maximum Gasteiger partial charge on any atom is 0.154 e. The topological polar surface area (TPSA) is 31.9 Å². The fourth-order valence-electron chi connectivity index (χ4n) is 1.57. The van der Waals surface area contributed by atoms with E-state index in [-0.39, 0.29) is 0 Å². The van der Waals surface area contributed by atoms with E-state index >= 15 is 0 Å². The molecule has 0 bridgehead atoms. The van der Waals surface area contributed by atoms with E-state index in [1.807, 2.05) is 47.3 Å². The second kappa shape index (κ2) is 2.73. The third-order valence-corrected chi connectivity index (χ3v) is 2.23. The van der Waals surface area contributed by atoms with Crippen molar-refractivity contribution in [3.05, 3.63) is 48.8 Å². The summed E-state index contributed by atoms with van der Waals surface area (Å²) < 4.78 is 1.84. The molecule has 3 heteroatoms. The Hall–Kier alpha value is -2.03. The Labute approximate surface area is 81.3 Å². The summed E-state index contributed by atoms with van der Waals surface area (Å²) in [7, 11) is 0. The van der Waals surface area contributed by atoms with Crippen LogP contribution in [0.5, 0.6) is 0 Å². The lowest BCUT2D eigenvalue weighted by Gasteiger charge is -2.02. The van der Waals surface area contributed by atoms with Gasteiger partial charge in [-0.25, -0.2) is 10.00 Å². The predicted molar refractivity (Wildman–Crippen MR) is 55.3 cm³/mol. The summed E-state index contributed by atoms with van der Waals surface area (Å²) in [5.41, 5.74) is 1.09. The second-order valence-electron chi connectivity index (χ2n) is 3.11. The molecule has 2 aromatic rings. The van der Waals surface area contributed by atoms with Gasteiger partial charge in [-0.05, 0) is 18.2 Å². The van der Waals surface area contributed by atoms with Crippen LogP contribution in [-0.2, 0) is 0 Å². The summed E-state index contributed by atoms with van der Waals surface area (Å²) >= 11 is 0. The Morgan fingerprint density at radius 1 is 1.14 bits per heavy atom. The Kier molecular flexibility index (Phi) is 1.44. The minimum atomic E-state index is 0.867. The van der Waals surface area contributed by atoms with E-state index in [1.165, 1.54) is 0 Å². The van der Waals surface area contributed by atoms with Gasteiger partial charge in [0.15, 0.2) is 5.82 Å². The van der Waals surface area contributed by atoms with Crippen LogP contribution in [0.4, 0.5) is 0 Å². The van der Waals surface area contributed by atoms with E-state index in [0.29, 0.717) is 0 Å². The minimum Gasteiger partial charge on any atom is -0.237 e. The van der Waals surface area contributed by atoms with Crippen LogP contribution in [0.3, 0.4) is 0 Å². The van der Waals surface area contributed by atoms with Crippen LogP contribution in [0, 0.1) is 0 Å². The number of nitrogens with zero attached hydrogens (tertiary/aromatic N) is 3. The predicted octanol–water partition coefficient (Wildman–Crippen LogP) is 1.97. The SMILES string of the molecule is C1=C[N]C(n2ncc3ccccc32)=C1. The summed E-state index contributed by atoms with van der Waals surface area (Å²) in [6.45, 7) is 0. The number of hydrogen-bond donors (Lipinski definition) is 0. The summed E-state index contributed by atoms with van der Waals surface area (Å²) in [4.78, 5) is 0. The molecule has 0 saturated heterocycles. The van der Waals surface area contributed by atoms with Crippen molar-refractivity contribution < 1.29 is 0 Å². The molecule has 1 aromatic heterocycles. The number of benzene rings is 1. The minimum absolute atomic E-state index is 0.867. The number of para-hydroxylation sites is 1. The third kappa shape index (κ3) is 0.956. The summed E-state index contributed by atoms with van der Waals surface area (Å²) in [6.07, 6.45) is 7.47. The molecule has 1 aliphatic heterocycles. The molecule has 2 heterocycles. The van der Waals surface area contributed by atoms with Crippen molar-refractivity contribution in [3.63, 3.8) is 0 Å². The van der Waals surface area contributed by atoms with Gasteiger partial charge < -0.3 is 0 Å². The molecule has 3 nitrogen and oxygen atoms in total. The van der Waals surface area contributed by atoms with Crippen LogP contribution in [-0.4, -0.2) is 9.78 Å². The Morgan fingerprint density at radius 3 is 2.93 bits per heavy atom. The van der Waals surface area contributed by atoms with Gasteiger partial charge in [-0.1, -0.05) is 18.2 Å². The average molecular weight is 182 g/mol. The lowest BCUT2D eigenvalue weighted by Crippen LogP contribution is -2.03. The Morgan fingerprint density at radius 2 is 2.07 bits per heavy atom. The van der Waals surface area contributed by atoms with Crippen molar-refractivity contribution in [2.75, 3.05) is 0 Å². The molecule has 0 aliphatic carbocycles. The van der Waals surface area contributed by atoms with E-state index in [9.17, 15) is 0 Å². The molecule has 1 aromatic carbocycles. The van der Waals surface area contributed by atoms with Crippen molar-refractivity contribution >= 4 is 16.7 Å². The number of aromatic nitrogens is 2.